The quantitative estimate of drug-likeness (QED) is 0.743. The van der Waals surface area contributed by atoms with Crippen LogP contribution in [0.25, 0.3) is 0 Å². The summed E-state index contributed by atoms with van der Waals surface area (Å²) in [6.07, 6.45) is 0.936. The van der Waals surface area contributed by atoms with Gasteiger partial charge in [-0.25, -0.2) is 4.39 Å². The average molecular weight is 207 g/mol. The van der Waals surface area contributed by atoms with E-state index in [1.807, 2.05) is 0 Å². The van der Waals surface area contributed by atoms with Crippen molar-refractivity contribution in [1.82, 2.24) is 0 Å². The second-order valence-electron chi connectivity index (χ2n) is 3.66. The van der Waals surface area contributed by atoms with Gasteiger partial charge in [-0.3, -0.25) is 0 Å². The van der Waals surface area contributed by atoms with Crippen molar-refractivity contribution in [1.29, 1.82) is 5.26 Å². The molecule has 0 bridgehead atoms. The van der Waals surface area contributed by atoms with E-state index in [2.05, 4.69) is 13.0 Å². The summed E-state index contributed by atoms with van der Waals surface area (Å²) < 4.78 is 12.4. The van der Waals surface area contributed by atoms with Crippen LogP contribution < -0.4 is 0 Å². The highest BCUT2D eigenvalue weighted by Gasteiger charge is 2.52. The highest BCUT2D eigenvalue weighted by atomic mass is 32.2. The van der Waals surface area contributed by atoms with Crippen molar-refractivity contribution in [2.24, 2.45) is 5.92 Å². The molecule has 0 saturated heterocycles. The Labute approximate surface area is 86.9 Å². The van der Waals surface area contributed by atoms with E-state index in [0.29, 0.717) is 5.92 Å². The number of halogens is 1. The van der Waals surface area contributed by atoms with Crippen LogP contribution in [0.3, 0.4) is 0 Å². The van der Waals surface area contributed by atoms with Crippen LogP contribution in [0.1, 0.15) is 13.3 Å². The first-order valence-electron chi connectivity index (χ1n) is 4.52. The fourth-order valence-corrected chi connectivity index (χ4v) is 2.70. The number of nitrogens with zero attached hydrogens (tertiary/aromatic N) is 1. The fraction of sp³-hybridized carbons (Fsp3) is 0.364. The topological polar surface area (TPSA) is 23.8 Å². The highest BCUT2D eigenvalue weighted by Crippen LogP contribution is 2.56. The molecule has 1 fully saturated rings. The summed E-state index contributed by atoms with van der Waals surface area (Å²) in [4.78, 5) is 0.970. The molecule has 1 aromatic rings. The lowest BCUT2D eigenvalue weighted by Gasteiger charge is -2.06. The number of hydrogen-bond donors (Lipinski definition) is 0. The summed E-state index contributed by atoms with van der Waals surface area (Å²) in [5.74, 6) is 0.215. The van der Waals surface area contributed by atoms with Crippen LogP contribution in [-0.2, 0) is 0 Å². The minimum Gasteiger partial charge on any atom is -0.207 e. The Bertz CT molecular complexity index is 381. The largest absolute Gasteiger partial charge is 0.207 e. The smallest absolute Gasteiger partial charge is 0.123 e. The monoisotopic (exact) mass is 207 g/mol. The van der Waals surface area contributed by atoms with Crippen molar-refractivity contribution in [3.63, 3.8) is 0 Å². The van der Waals surface area contributed by atoms with E-state index < -0.39 is 0 Å². The van der Waals surface area contributed by atoms with Gasteiger partial charge in [-0.15, -0.1) is 11.8 Å². The summed E-state index contributed by atoms with van der Waals surface area (Å²) in [6.45, 7) is 2.07. The van der Waals surface area contributed by atoms with Crippen molar-refractivity contribution < 1.29 is 4.39 Å². The zero-order chi connectivity index (χ0) is 10.2. The van der Waals surface area contributed by atoms with E-state index in [-0.39, 0.29) is 10.6 Å². The maximum Gasteiger partial charge on any atom is 0.123 e. The van der Waals surface area contributed by atoms with Gasteiger partial charge in [0.2, 0.25) is 0 Å². The summed E-state index contributed by atoms with van der Waals surface area (Å²) in [5, 5.41) is 9.00. The van der Waals surface area contributed by atoms with Crippen LogP contribution in [-0.4, -0.2) is 4.75 Å². The standard InChI is InChI=1S/C11H10FNS/c1-8-6-11(8,7-13)14-10-4-2-9(12)3-5-10/h2-5,8H,6H2,1H3. The third-order valence-electron chi connectivity index (χ3n) is 2.55. The molecule has 0 aliphatic heterocycles. The molecule has 0 radical (unpaired) electrons. The third-order valence-corrected chi connectivity index (χ3v) is 4.08. The van der Waals surface area contributed by atoms with E-state index in [1.54, 1.807) is 23.9 Å². The zero-order valence-electron chi connectivity index (χ0n) is 7.83. The van der Waals surface area contributed by atoms with E-state index in [0.717, 1.165) is 11.3 Å². The Morgan fingerprint density at radius 3 is 2.50 bits per heavy atom. The van der Waals surface area contributed by atoms with Gasteiger partial charge in [-0.05, 0) is 36.6 Å². The van der Waals surface area contributed by atoms with Crippen LogP contribution in [0.4, 0.5) is 4.39 Å². The lowest BCUT2D eigenvalue weighted by atomic mass is 10.3. The molecule has 14 heavy (non-hydrogen) atoms. The predicted molar refractivity (Wildman–Crippen MR) is 54.4 cm³/mol. The van der Waals surface area contributed by atoms with Crippen LogP contribution >= 0.6 is 11.8 Å². The van der Waals surface area contributed by atoms with Gasteiger partial charge in [0.05, 0.1) is 6.07 Å². The second-order valence-corrected chi connectivity index (χ2v) is 5.07. The molecule has 1 aliphatic carbocycles. The van der Waals surface area contributed by atoms with Gasteiger partial charge in [0.15, 0.2) is 0 Å². The maximum atomic E-state index is 12.6. The van der Waals surface area contributed by atoms with Crippen molar-refractivity contribution in [2.75, 3.05) is 0 Å². The average Bonchev–Trinajstić information content (AvgIpc) is 2.82. The molecule has 0 aromatic heterocycles. The molecule has 0 N–H and O–H groups in total. The summed E-state index contributed by atoms with van der Waals surface area (Å²) >= 11 is 1.55. The van der Waals surface area contributed by atoms with E-state index in [1.165, 1.54) is 12.1 Å². The van der Waals surface area contributed by atoms with Crippen LogP contribution in [0.15, 0.2) is 29.2 Å². The molecular formula is C11H10FNS. The SMILES string of the molecule is CC1CC1(C#N)Sc1ccc(F)cc1. The Balaban J connectivity index is 2.12. The fourth-order valence-electron chi connectivity index (χ4n) is 1.43. The molecule has 2 rings (SSSR count). The molecule has 1 aliphatic rings. The van der Waals surface area contributed by atoms with Gasteiger partial charge in [0.1, 0.15) is 10.6 Å². The van der Waals surface area contributed by atoms with Gasteiger partial charge in [0, 0.05) is 4.90 Å². The van der Waals surface area contributed by atoms with E-state index >= 15 is 0 Å². The lowest BCUT2D eigenvalue weighted by molar-refractivity contribution is 0.626. The van der Waals surface area contributed by atoms with Crippen LogP contribution in [0.5, 0.6) is 0 Å². The molecule has 1 saturated carbocycles. The Kier molecular flexibility index (Phi) is 2.24. The highest BCUT2D eigenvalue weighted by molar-refractivity contribution is 8.01. The molecule has 72 valence electrons. The van der Waals surface area contributed by atoms with E-state index in [9.17, 15) is 4.39 Å². The van der Waals surface area contributed by atoms with Crippen molar-refractivity contribution in [3.05, 3.63) is 30.1 Å². The predicted octanol–water partition coefficient (Wildman–Crippen LogP) is 3.22. The van der Waals surface area contributed by atoms with Crippen molar-refractivity contribution in [2.45, 2.75) is 23.0 Å². The zero-order valence-corrected chi connectivity index (χ0v) is 8.64. The van der Waals surface area contributed by atoms with Crippen molar-refractivity contribution >= 4 is 11.8 Å². The summed E-state index contributed by atoms with van der Waals surface area (Å²) in [6, 6.07) is 8.65. The molecule has 0 amide bonds. The maximum absolute atomic E-state index is 12.6. The Morgan fingerprint density at radius 1 is 1.50 bits per heavy atom. The minimum atomic E-state index is -0.252. The first-order valence-corrected chi connectivity index (χ1v) is 5.34. The molecule has 3 heteroatoms. The number of hydrogen-bond acceptors (Lipinski definition) is 2. The molecular weight excluding hydrogens is 197 g/mol. The number of rotatable bonds is 2. The Hall–Kier alpha value is -1.01. The molecule has 0 spiro atoms. The second kappa shape index (κ2) is 3.29. The summed E-state index contributed by atoms with van der Waals surface area (Å²) in [7, 11) is 0. The van der Waals surface area contributed by atoms with Gasteiger partial charge >= 0.3 is 0 Å². The normalized spacial score (nSPS) is 29.6. The van der Waals surface area contributed by atoms with Gasteiger partial charge in [0.25, 0.3) is 0 Å². The third kappa shape index (κ3) is 1.62. The number of benzene rings is 1. The molecule has 2 atom stereocenters. The first kappa shape index (κ1) is 9.54. The van der Waals surface area contributed by atoms with Gasteiger partial charge < -0.3 is 0 Å². The van der Waals surface area contributed by atoms with Gasteiger partial charge in [-0.2, -0.15) is 5.26 Å². The molecule has 2 unspecified atom stereocenters. The van der Waals surface area contributed by atoms with Crippen molar-refractivity contribution in [3.8, 4) is 6.07 Å². The molecule has 0 heterocycles. The summed E-state index contributed by atoms with van der Waals surface area (Å²) in [5.41, 5.74) is 0. The molecule has 1 nitrogen and oxygen atoms in total. The van der Waals surface area contributed by atoms with Gasteiger partial charge in [-0.1, -0.05) is 6.92 Å². The Morgan fingerprint density at radius 2 is 2.07 bits per heavy atom. The lowest BCUT2D eigenvalue weighted by Crippen LogP contribution is -2.00. The number of nitriles is 1. The van der Waals surface area contributed by atoms with E-state index in [4.69, 9.17) is 5.26 Å². The number of thioether (sulfide) groups is 1. The molecule has 1 aromatic carbocycles. The van der Waals surface area contributed by atoms with Crippen LogP contribution in [0.2, 0.25) is 0 Å². The minimum absolute atomic E-state index is 0.232. The first-order chi connectivity index (χ1) is 6.66. The van der Waals surface area contributed by atoms with Crippen LogP contribution in [0, 0.1) is 23.1 Å².